The molecule has 2 heterocycles. The lowest BCUT2D eigenvalue weighted by Gasteiger charge is -2.41. The smallest absolute Gasteiger partial charge is 0.351 e. The number of ether oxygens (including phenoxy) is 3. The molecule has 1 fully saturated rings. The van der Waals surface area contributed by atoms with E-state index in [0.29, 0.717) is 25.4 Å². The van der Waals surface area contributed by atoms with Gasteiger partial charge in [-0.25, -0.2) is 9.80 Å². The van der Waals surface area contributed by atoms with Crippen molar-refractivity contribution in [2.24, 2.45) is 0 Å². The van der Waals surface area contributed by atoms with Crippen LogP contribution >= 0.6 is 0 Å². The second-order valence-electron chi connectivity index (χ2n) is 5.82. The third-order valence-corrected chi connectivity index (χ3v) is 3.95. The Morgan fingerprint density at radius 3 is 2.44 bits per heavy atom. The monoisotopic (exact) mass is 347 g/mol. The number of nitrogens with zero attached hydrogens (tertiary/aromatic N) is 3. The van der Waals surface area contributed by atoms with Crippen LogP contribution in [0.3, 0.4) is 0 Å². The first kappa shape index (κ1) is 19.2. The minimum absolute atomic E-state index is 0.0214. The predicted molar refractivity (Wildman–Crippen MR) is 91.6 cm³/mol. The van der Waals surface area contributed by atoms with Crippen LogP contribution < -0.4 is 0 Å². The Kier molecular flexibility index (Phi) is 6.76. The predicted octanol–water partition coefficient (Wildman–Crippen LogP) is 2.10. The van der Waals surface area contributed by atoms with Gasteiger partial charge in [0.25, 0.3) is 0 Å². The van der Waals surface area contributed by atoms with Crippen LogP contribution in [-0.4, -0.2) is 55.2 Å². The number of esters is 1. The Labute approximate surface area is 148 Å². The minimum atomic E-state index is -0.690. The highest BCUT2D eigenvalue weighted by Crippen LogP contribution is 2.27. The molecule has 0 spiro atoms. The largest absolute Gasteiger partial charge is 0.432 e. The summed E-state index contributed by atoms with van der Waals surface area (Å²) in [5.74, 6) is -0.675. The van der Waals surface area contributed by atoms with E-state index >= 15 is 0 Å². The standard InChI is InChI=1S/C18H25N3O4/c1-5-24-15(4)25-18(22)17(12-19)16-10-13(2)21(14(3)11-16)20-6-8-23-9-7-20/h10-11,15H,5-9H2,1-4H3. The van der Waals surface area contributed by atoms with E-state index in [4.69, 9.17) is 14.2 Å². The molecule has 0 N–H and O–H groups in total. The van der Waals surface area contributed by atoms with E-state index in [2.05, 4.69) is 10.0 Å². The maximum atomic E-state index is 12.3. The van der Waals surface area contributed by atoms with E-state index in [-0.39, 0.29) is 5.57 Å². The van der Waals surface area contributed by atoms with Gasteiger partial charge < -0.3 is 14.2 Å². The average Bonchev–Trinajstić information content (AvgIpc) is 2.56. The highest BCUT2D eigenvalue weighted by Gasteiger charge is 2.25. The van der Waals surface area contributed by atoms with Crippen LogP contribution in [0.2, 0.25) is 0 Å². The Morgan fingerprint density at radius 1 is 1.32 bits per heavy atom. The van der Waals surface area contributed by atoms with Crippen LogP contribution in [0.15, 0.2) is 34.7 Å². The van der Waals surface area contributed by atoms with Gasteiger partial charge in [-0.1, -0.05) is 0 Å². The Hall–Kier alpha value is -2.14. The Balaban J connectivity index is 2.23. The van der Waals surface area contributed by atoms with Crippen molar-refractivity contribution in [1.29, 1.82) is 5.26 Å². The fraction of sp³-hybridized carbons (Fsp3) is 0.556. The van der Waals surface area contributed by atoms with Gasteiger partial charge in [-0.2, -0.15) is 5.26 Å². The molecule has 136 valence electrons. The summed E-state index contributed by atoms with van der Waals surface area (Å²) in [4.78, 5) is 12.3. The van der Waals surface area contributed by atoms with Gasteiger partial charge in [-0.15, -0.1) is 0 Å². The Morgan fingerprint density at radius 2 is 1.92 bits per heavy atom. The summed E-state index contributed by atoms with van der Waals surface area (Å²) in [7, 11) is 0. The van der Waals surface area contributed by atoms with Crippen LogP contribution in [0.4, 0.5) is 0 Å². The summed E-state index contributed by atoms with van der Waals surface area (Å²) in [6.45, 7) is 10.8. The van der Waals surface area contributed by atoms with E-state index < -0.39 is 12.3 Å². The minimum Gasteiger partial charge on any atom is -0.432 e. The molecule has 1 unspecified atom stereocenters. The zero-order chi connectivity index (χ0) is 18.4. The summed E-state index contributed by atoms with van der Waals surface area (Å²) < 4.78 is 15.8. The zero-order valence-corrected chi connectivity index (χ0v) is 15.2. The number of rotatable bonds is 5. The van der Waals surface area contributed by atoms with Gasteiger partial charge in [0.15, 0.2) is 0 Å². The van der Waals surface area contributed by atoms with Gasteiger partial charge in [-0.05, 0) is 39.8 Å². The fourth-order valence-corrected chi connectivity index (χ4v) is 2.94. The number of carbonyl (C=O) groups is 1. The number of hydrogen-bond acceptors (Lipinski definition) is 7. The van der Waals surface area contributed by atoms with Gasteiger partial charge in [0.05, 0.1) is 13.2 Å². The third kappa shape index (κ3) is 4.69. The number of allylic oxidation sites excluding steroid dienone is 5. The number of morpholine rings is 1. The van der Waals surface area contributed by atoms with Gasteiger partial charge in [0.1, 0.15) is 11.6 Å². The molecular weight excluding hydrogens is 322 g/mol. The molecule has 0 aliphatic carbocycles. The molecule has 0 aromatic heterocycles. The Bertz CT molecular complexity index is 617. The molecule has 1 atom stereocenters. The van der Waals surface area contributed by atoms with Crippen LogP contribution in [0, 0.1) is 11.3 Å². The van der Waals surface area contributed by atoms with Crippen molar-refractivity contribution in [3.05, 3.63) is 34.7 Å². The number of nitriles is 1. The van der Waals surface area contributed by atoms with Crippen molar-refractivity contribution < 1.29 is 19.0 Å². The average molecular weight is 347 g/mol. The molecule has 2 aliphatic rings. The van der Waals surface area contributed by atoms with E-state index in [1.54, 1.807) is 6.92 Å². The molecule has 0 aromatic carbocycles. The molecule has 2 aliphatic heterocycles. The molecule has 7 nitrogen and oxygen atoms in total. The van der Waals surface area contributed by atoms with Crippen molar-refractivity contribution in [3.63, 3.8) is 0 Å². The van der Waals surface area contributed by atoms with Crippen molar-refractivity contribution in [2.45, 2.75) is 34.0 Å². The molecule has 0 radical (unpaired) electrons. The summed E-state index contributed by atoms with van der Waals surface area (Å²) in [6, 6.07) is 1.96. The zero-order valence-electron chi connectivity index (χ0n) is 15.2. The van der Waals surface area contributed by atoms with Crippen LogP contribution in [0.25, 0.3) is 0 Å². The third-order valence-electron chi connectivity index (χ3n) is 3.95. The molecule has 25 heavy (non-hydrogen) atoms. The van der Waals surface area contributed by atoms with Gasteiger partial charge in [-0.3, -0.25) is 5.01 Å². The second-order valence-corrected chi connectivity index (χ2v) is 5.82. The molecule has 2 rings (SSSR count). The summed E-state index contributed by atoms with van der Waals surface area (Å²) in [5.41, 5.74) is 2.41. The molecule has 0 amide bonds. The van der Waals surface area contributed by atoms with Crippen molar-refractivity contribution in [2.75, 3.05) is 32.9 Å². The van der Waals surface area contributed by atoms with Crippen molar-refractivity contribution >= 4 is 5.97 Å². The molecule has 0 saturated carbocycles. The fourth-order valence-electron chi connectivity index (χ4n) is 2.94. The summed E-state index contributed by atoms with van der Waals surface area (Å²) >= 11 is 0. The highest BCUT2D eigenvalue weighted by molar-refractivity contribution is 5.95. The first-order valence-electron chi connectivity index (χ1n) is 8.44. The highest BCUT2D eigenvalue weighted by atomic mass is 16.7. The van der Waals surface area contributed by atoms with Crippen LogP contribution in [0.1, 0.15) is 27.7 Å². The lowest BCUT2D eigenvalue weighted by atomic mass is 10.0. The molecule has 0 aromatic rings. The lowest BCUT2D eigenvalue weighted by Crippen LogP contribution is -2.47. The van der Waals surface area contributed by atoms with Gasteiger partial charge in [0.2, 0.25) is 6.29 Å². The quantitative estimate of drug-likeness (QED) is 0.326. The number of hydrazine groups is 1. The molecule has 0 bridgehead atoms. The summed E-state index contributed by atoms with van der Waals surface area (Å²) in [6.07, 6.45) is 2.96. The first-order chi connectivity index (χ1) is 12.0. The van der Waals surface area contributed by atoms with Crippen molar-refractivity contribution in [3.8, 4) is 6.07 Å². The molecular formula is C18H25N3O4. The van der Waals surface area contributed by atoms with E-state index in [9.17, 15) is 10.1 Å². The van der Waals surface area contributed by atoms with Crippen LogP contribution in [-0.2, 0) is 19.0 Å². The summed E-state index contributed by atoms with van der Waals surface area (Å²) in [5, 5.41) is 13.7. The normalized spacial score (nSPS) is 19.6. The van der Waals surface area contributed by atoms with E-state index in [0.717, 1.165) is 24.5 Å². The topological polar surface area (TPSA) is 75.0 Å². The number of carbonyl (C=O) groups excluding carboxylic acids is 1. The maximum Gasteiger partial charge on any atom is 0.351 e. The first-order valence-corrected chi connectivity index (χ1v) is 8.44. The van der Waals surface area contributed by atoms with E-state index in [1.807, 2.05) is 39.0 Å². The number of hydrogen-bond donors (Lipinski definition) is 0. The van der Waals surface area contributed by atoms with Gasteiger partial charge >= 0.3 is 5.97 Å². The SMILES string of the molecule is CCOC(C)OC(=O)C(C#N)=C1C=C(C)N(N2CCOCC2)C(C)=C1. The molecule has 1 saturated heterocycles. The lowest BCUT2D eigenvalue weighted by molar-refractivity contribution is -0.168. The van der Waals surface area contributed by atoms with Crippen molar-refractivity contribution in [1.82, 2.24) is 10.0 Å². The van der Waals surface area contributed by atoms with Gasteiger partial charge in [0, 0.05) is 36.7 Å². The maximum absolute atomic E-state index is 12.3. The van der Waals surface area contributed by atoms with E-state index in [1.165, 1.54) is 0 Å². The second kappa shape index (κ2) is 8.81. The molecule has 7 heteroatoms. The van der Waals surface area contributed by atoms with Crippen LogP contribution in [0.5, 0.6) is 0 Å².